The maximum atomic E-state index is 11.6. The molecule has 0 amide bonds. The predicted octanol–water partition coefficient (Wildman–Crippen LogP) is 4.07. The average molecular weight is 208 g/mol. The van der Waals surface area contributed by atoms with Crippen molar-refractivity contribution >= 4 is 5.78 Å². The Labute approximate surface area is 91.7 Å². The quantitative estimate of drug-likeness (QED) is 0.632. The van der Waals surface area contributed by atoms with Gasteiger partial charge in [-0.1, -0.05) is 33.1 Å². The SMILES string of the molecule is CCCC(C)CCCC(=O)c1ccco1. The van der Waals surface area contributed by atoms with Crippen LogP contribution < -0.4 is 0 Å². The van der Waals surface area contributed by atoms with E-state index in [1.807, 2.05) is 0 Å². The van der Waals surface area contributed by atoms with Gasteiger partial charge in [-0.2, -0.15) is 0 Å². The van der Waals surface area contributed by atoms with Gasteiger partial charge in [-0.25, -0.2) is 0 Å². The van der Waals surface area contributed by atoms with Gasteiger partial charge < -0.3 is 4.42 Å². The van der Waals surface area contributed by atoms with E-state index in [0.717, 1.165) is 18.8 Å². The Bertz CT molecular complexity index is 275. The lowest BCUT2D eigenvalue weighted by Crippen LogP contribution is -2.00. The molecule has 15 heavy (non-hydrogen) atoms. The van der Waals surface area contributed by atoms with Crippen LogP contribution >= 0.6 is 0 Å². The highest BCUT2D eigenvalue weighted by Gasteiger charge is 2.09. The lowest BCUT2D eigenvalue weighted by molar-refractivity contribution is 0.0951. The second kappa shape index (κ2) is 6.44. The van der Waals surface area contributed by atoms with E-state index in [4.69, 9.17) is 4.42 Å². The van der Waals surface area contributed by atoms with Gasteiger partial charge in [0.1, 0.15) is 0 Å². The largest absolute Gasteiger partial charge is 0.461 e. The van der Waals surface area contributed by atoms with Gasteiger partial charge in [0.15, 0.2) is 11.5 Å². The zero-order valence-corrected chi connectivity index (χ0v) is 9.66. The lowest BCUT2D eigenvalue weighted by atomic mass is 9.98. The summed E-state index contributed by atoms with van der Waals surface area (Å²) in [5, 5.41) is 0. The van der Waals surface area contributed by atoms with Gasteiger partial charge in [0.2, 0.25) is 0 Å². The Kier molecular flexibility index (Phi) is 5.16. The van der Waals surface area contributed by atoms with Crippen LogP contribution in [0.1, 0.15) is 56.5 Å². The number of hydrogen-bond acceptors (Lipinski definition) is 2. The van der Waals surface area contributed by atoms with Gasteiger partial charge in [0, 0.05) is 6.42 Å². The number of carbonyl (C=O) groups is 1. The van der Waals surface area contributed by atoms with Gasteiger partial charge in [-0.3, -0.25) is 4.79 Å². The van der Waals surface area contributed by atoms with Crippen LogP contribution in [0.15, 0.2) is 22.8 Å². The molecule has 0 fully saturated rings. The first-order valence-electron chi connectivity index (χ1n) is 5.80. The Morgan fingerprint density at radius 3 is 2.87 bits per heavy atom. The molecule has 1 aromatic heterocycles. The molecule has 0 aliphatic carbocycles. The van der Waals surface area contributed by atoms with E-state index in [-0.39, 0.29) is 5.78 Å². The molecular formula is C13H20O2. The molecule has 0 saturated carbocycles. The third-order valence-corrected chi connectivity index (χ3v) is 2.68. The van der Waals surface area contributed by atoms with E-state index >= 15 is 0 Å². The Balaban J connectivity index is 2.18. The van der Waals surface area contributed by atoms with Crippen molar-refractivity contribution in [1.82, 2.24) is 0 Å². The van der Waals surface area contributed by atoms with Crippen LogP contribution in [-0.2, 0) is 0 Å². The van der Waals surface area contributed by atoms with Crippen molar-refractivity contribution in [3.8, 4) is 0 Å². The Morgan fingerprint density at radius 2 is 2.27 bits per heavy atom. The lowest BCUT2D eigenvalue weighted by Gasteiger charge is -2.08. The van der Waals surface area contributed by atoms with E-state index in [1.165, 1.54) is 12.8 Å². The molecule has 1 aromatic rings. The van der Waals surface area contributed by atoms with Crippen molar-refractivity contribution in [2.24, 2.45) is 5.92 Å². The second-order valence-electron chi connectivity index (χ2n) is 4.19. The highest BCUT2D eigenvalue weighted by Crippen LogP contribution is 2.15. The van der Waals surface area contributed by atoms with E-state index in [0.29, 0.717) is 12.2 Å². The summed E-state index contributed by atoms with van der Waals surface area (Å²) in [5.41, 5.74) is 0. The Morgan fingerprint density at radius 1 is 1.47 bits per heavy atom. The number of ketones is 1. The molecular weight excluding hydrogens is 188 g/mol. The number of rotatable bonds is 7. The molecule has 0 spiro atoms. The fourth-order valence-electron chi connectivity index (χ4n) is 1.81. The number of Topliss-reactive ketones (excluding diaryl/α,β-unsaturated/α-hetero) is 1. The fraction of sp³-hybridized carbons (Fsp3) is 0.615. The van der Waals surface area contributed by atoms with Crippen LogP contribution in [0.3, 0.4) is 0 Å². The van der Waals surface area contributed by atoms with Gasteiger partial charge in [-0.15, -0.1) is 0 Å². The van der Waals surface area contributed by atoms with Crippen molar-refractivity contribution in [2.75, 3.05) is 0 Å². The Hall–Kier alpha value is -1.05. The van der Waals surface area contributed by atoms with Crippen molar-refractivity contribution in [2.45, 2.75) is 46.0 Å². The van der Waals surface area contributed by atoms with Crippen LogP contribution in [0.5, 0.6) is 0 Å². The summed E-state index contributed by atoms with van der Waals surface area (Å²) in [6.45, 7) is 4.45. The fourth-order valence-corrected chi connectivity index (χ4v) is 1.81. The molecule has 84 valence electrons. The summed E-state index contributed by atoms with van der Waals surface area (Å²) in [5.74, 6) is 1.36. The van der Waals surface area contributed by atoms with Crippen LogP contribution in [0.2, 0.25) is 0 Å². The standard InChI is InChI=1S/C13H20O2/c1-3-6-11(2)7-4-8-12(14)13-9-5-10-15-13/h5,9-11H,3-4,6-8H2,1-2H3. The van der Waals surface area contributed by atoms with Crippen LogP contribution in [0.4, 0.5) is 0 Å². The summed E-state index contributed by atoms with van der Waals surface area (Å²) in [6.07, 6.45) is 6.76. The molecule has 0 N–H and O–H groups in total. The molecule has 0 bridgehead atoms. The first-order chi connectivity index (χ1) is 7.24. The minimum Gasteiger partial charge on any atom is -0.461 e. The first kappa shape index (κ1) is 12.0. The number of hydrogen-bond donors (Lipinski definition) is 0. The summed E-state index contributed by atoms with van der Waals surface area (Å²) in [6, 6.07) is 3.49. The number of carbonyl (C=O) groups excluding carboxylic acids is 1. The highest BCUT2D eigenvalue weighted by molar-refractivity contribution is 5.93. The summed E-state index contributed by atoms with van der Waals surface area (Å²) >= 11 is 0. The van der Waals surface area contributed by atoms with E-state index < -0.39 is 0 Å². The molecule has 0 radical (unpaired) electrons. The minimum atomic E-state index is 0.128. The molecule has 0 saturated heterocycles. The molecule has 1 unspecified atom stereocenters. The normalized spacial score (nSPS) is 12.7. The summed E-state index contributed by atoms with van der Waals surface area (Å²) < 4.78 is 5.05. The molecule has 1 atom stereocenters. The van der Waals surface area contributed by atoms with Crippen LogP contribution in [0.25, 0.3) is 0 Å². The topological polar surface area (TPSA) is 30.2 Å². The first-order valence-corrected chi connectivity index (χ1v) is 5.80. The smallest absolute Gasteiger partial charge is 0.197 e. The summed E-state index contributed by atoms with van der Waals surface area (Å²) in [7, 11) is 0. The van der Waals surface area contributed by atoms with Crippen LogP contribution in [0, 0.1) is 5.92 Å². The zero-order valence-electron chi connectivity index (χ0n) is 9.66. The molecule has 0 aliphatic heterocycles. The molecule has 0 aromatic carbocycles. The molecule has 2 heteroatoms. The molecule has 2 nitrogen and oxygen atoms in total. The second-order valence-corrected chi connectivity index (χ2v) is 4.19. The van der Waals surface area contributed by atoms with E-state index in [2.05, 4.69) is 13.8 Å². The van der Waals surface area contributed by atoms with E-state index in [9.17, 15) is 4.79 Å². The monoisotopic (exact) mass is 208 g/mol. The van der Waals surface area contributed by atoms with Gasteiger partial charge in [0.25, 0.3) is 0 Å². The molecule has 0 aliphatic rings. The van der Waals surface area contributed by atoms with Crippen molar-refractivity contribution in [3.63, 3.8) is 0 Å². The van der Waals surface area contributed by atoms with Gasteiger partial charge in [0.05, 0.1) is 6.26 Å². The molecule has 1 rings (SSSR count). The third-order valence-electron chi connectivity index (χ3n) is 2.68. The van der Waals surface area contributed by atoms with Crippen molar-refractivity contribution in [1.29, 1.82) is 0 Å². The summed E-state index contributed by atoms with van der Waals surface area (Å²) in [4.78, 5) is 11.6. The van der Waals surface area contributed by atoms with Crippen molar-refractivity contribution in [3.05, 3.63) is 24.2 Å². The van der Waals surface area contributed by atoms with Crippen molar-refractivity contribution < 1.29 is 9.21 Å². The van der Waals surface area contributed by atoms with Crippen LogP contribution in [-0.4, -0.2) is 5.78 Å². The average Bonchev–Trinajstić information content (AvgIpc) is 2.70. The third kappa shape index (κ3) is 4.32. The number of furan rings is 1. The maximum absolute atomic E-state index is 11.6. The zero-order chi connectivity index (χ0) is 11.1. The van der Waals surface area contributed by atoms with Gasteiger partial charge >= 0.3 is 0 Å². The van der Waals surface area contributed by atoms with E-state index in [1.54, 1.807) is 18.4 Å². The van der Waals surface area contributed by atoms with Gasteiger partial charge in [-0.05, 0) is 24.5 Å². The maximum Gasteiger partial charge on any atom is 0.197 e. The highest BCUT2D eigenvalue weighted by atomic mass is 16.3. The minimum absolute atomic E-state index is 0.128. The predicted molar refractivity (Wildman–Crippen MR) is 61.0 cm³/mol. The molecule has 1 heterocycles.